The van der Waals surface area contributed by atoms with Crippen LogP contribution in [-0.4, -0.2) is 11.1 Å². The maximum Gasteiger partial charge on any atom is 0.317 e. The van der Waals surface area contributed by atoms with Gasteiger partial charge in [0.05, 0.1) is 6.26 Å². The average Bonchev–Trinajstić information content (AvgIpc) is 2.71. The summed E-state index contributed by atoms with van der Waals surface area (Å²) >= 11 is 0. The summed E-state index contributed by atoms with van der Waals surface area (Å²) in [4.78, 5) is 10.9. The Hall–Kier alpha value is -1.25. The lowest BCUT2D eigenvalue weighted by molar-refractivity contribution is -0.140. The third-order valence-corrected chi connectivity index (χ3v) is 2.46. The molecule has 1 N–H and O–H groups in total. The van der Waals surface area contributed by atoms with E-state index in [4.69, 9.17) is 9.52 Å². The van der Waals surface area contributed by atoms with Crippen LogP contribution in [-0.2, 0) is 10.2 Å². The van der Waals surface area contributed by atoms with Gasteiger partial charge >= 0.3 is 5.97 Å². The van der Waals surface area contributed by atoms with Gasteiger partial charge < -0.3 is 9.52 Å². The molecule has 1 aromatic rings. The van der Waals surface area contributed by atoms with Crippen molar-refractivity contribution in [2.45, 2.75) is 25.2 Å². The minimum absolute atomic E-state index is 0.634. The minimum Gasteiger partial charge on any atom is -0.480 e. The fraction of sp³-hybridized carbons (Fsp3) is 0.444. The summed E-state index contributed by atoms with van der Waals surface area (Å²) in [6.07, 6.45) is 2.96. The number of hydrogen-bond acceptors (Lipinski definition) is 2. The van der Waals surface area contributed by atoms with E-state index in [0.29, 0.717) is 18.6 Å². The van der Waals surface area contributed by atoms with Gasteiger partial charge in [-0.05, 0) is 31.4 Å². The molecule has 1 aromatic heterocycles. The first-order valence-corrected chi connectivity index (χ1v) is 3.95. The predicted molar refractivity (Wildman–Crippen MR) is 42.0 cm³/mol. The van der Waals surface area contributed by atoms with Crippen LogP contribution >= 0.6 is 0 Å². The number of carboxylic acid groups (broad SMARTS) is 1. The lowest BCUT2D eigenvalue weighted by atomic mass is 10.0. The Morgan fingerprint density at radius 2 is 2.33 bits per heavy atom. The molecule has 1 heterocycles. The second-order valence-electron chi connectivity index (χ2n) is 3.32. The van der Waals surface area contributed by atoms with Gasteiger partial charge in [-0.3, -0.25) is 4.79 Å². The quantitative estimate of drug-likeness (QED) is 0.727. The Balaban J connectivity index is 2.43. The first kappa shape index (κ1) is 7.40. The van der Waals surface area contributed by atoms with Crippen molar-refractivity contribution in [1.29, 1.82) is 0 Å². The molecule has 12 heavy (non-hydrogen) atoms. The molecule has 0 aliphatic heterocycles. The second-order valence-corrected chi connectivity index (χ2v) is 3.32. The summed E-state index contributed by atoms with van der Waals surface area (Å²) in [5, 5.41) is 8.94. The molecule has 0 unspecified atom stereocenters. The number of carboxylic acids is 1. The van der Waals surface area contributed by atoms with Gasteiger partial charge in [-0.15, -0.1) is 0 Å². The van der Waals surface area contributed by atoms with E-state index in [1.807, 2.05) is 6.92 Å². The van der Waals surface area contributed by atoms with E-state index in [-0.39, 0.29) is 0 Å². The highest BCUT2D eigenvalue weighted by Crippen LogP contribution is 2.49. The van der Waals surface area contributed by atoms with Crippen molar-refractivity contribution in [1.82, 2.24) is 0 Å². The average molecular weight is 166 g/mol. The van der Waals surface area contributed by atoms with E-state index in [9.17, 15) is 4.79 Å². The molecule has 0 atom stereocenters. The van der Waals surface area contributed by atoms with Crippen LogP contribution in [0.5, 0.6) is 0 Å². The molecule has 2 rings (SSSR count). The molecule has 0 radical (unpaired) electrons. The van der Waals surface area contributed by atoms with Gasteiger partial charge in [0.1, 0.15) is 11.2 Å². The zero-order valence-electron chi connectivity index (χ0n) is 6.83. The fourth-order valence-corrected chi connectivity index (χ4v) is 1.53. The molecule has 0 bridgehead atoms. The smallest absolute Gasteiger partial charge is 0.317 e. The normalized spacial score (nSPS) is 19.1. The van der Waals surface area contributed by atoms with E-state index in [1.165, 1.54) is 0 Å². The lowest BCUT2D eigenvalue weighted by Crippen LogP contribution is -2.19. The largest absolute Gasteiger partial charge is 0.480 e. The van der Waals surface area contributed by atoms with Gasteiger partial charge in [0, 0.05) is 0 Å². The van der Waals surface area contributed by atoms with E-state index in [1.54, 1.807) is 12.3 Å². The molecule has 1 saturated carbocycles. The summed E-state index contributed by atoms with van der Waals surface area (Å²) in [5.41, 5.74) is 0.253. The number of aliphatic carboxylic acids is 1. The van der Waals surface area contributed by atoms with Crippen LogP contribution in [0.15, 0.2) is 16.7 Å². The monoisotopic (exact) mass is 166 g/mol. The predicted octanol–water partition coefficient (Wildman–Crippen LogP) is 1.70. The van der Waals surface area contributed by atoms with Crippen LogP contribution in [0.4, 0.5) is 0 Å². The molecule has 1 fully saturated rings. The van der Waals surface area contributed by atoms with Crippen molar-refractivity contribution in [3.8, 4) is 0 Å². The maximum absolute atomic E-state index is 10.9. The molecule has 3 nitrogen and oxygen atoms in total. The van der Waals surface area contributed by atoms with Crippen molar-refractivity contribution in [3.05, 3.63) is 23.7 Å². The standard InChI is InChI=1S/C9H10O3/c1-6-2-5-12-7(6)9(3-4-9)8(10)11/h2,5H,3-4H2,1H3,(H,10,11). The van der Waals surface area contributed by atoms with Crippen molar-refractivity contribution >= 4 is 5.97 Å². The zero-order valence-corrected chi connectivity index (χ0v) is 6.83. The second kappa shape index (κ2) is 2.12. The minimum atomic E-state index is -0.763. The number of hydrogen-bond donors (Lipinski definition) is 1. The first-order valence-electron chi connectivity index (χ1n) is 3.95. The van der Waals surface area contributed by atoms with Crippen LogP contribution in [0.3, 0.4) is 0 Å². The molecule has 3 heteroatoms. The summed E-state index contributed by atoms with van der Waals surface area (Å²) in [5.74, 6) is -0.129. The van der Waals surface area contributed by atoms with E-state index >= 15 is 0 Å². The molecule has 0 spiro atoms. The van der Waals surface area contributed by atoms with Crippen LogP contribution in [0.25, 0.3) is 0 Å². The van der Waals surface area contributed by atoms with Gasteiger partial charge in [-0.1, -0.05) is 0 Å². The van der Waals surface area contributed by atoms with Gasteiger partial charge in [0.2, 0.25) is 0 Å². The molecule has 0 amide bonds. The Bertz CT molecular complexity index is 320. The highest BCUT2D eigenvalue weighted by molar-refractivity contribution is 5.84. The first-order chi connectivity index (χ1) is 5.67. The van der Waals surface area contributed by atoms with Gasteiger partial charge in [-0.2, -0.15) is 0 Å². The van der Waals surface area contributed by atoms with E-state index in [2.05, 4.69) is 0 Å². The highest BCUT2D eigenvalue weighted by Gasteiger charge is 2.55. The van der Waals surface area contributed by atoms with Crippen molar-refractivity contribution in [2.75, 3.05) is 0 Å². The molecule has 64 valence electrons. The van der Waals surface area contributed by atoms with Crippen molar-refractivity contribution in [3.63, 3.8) is 0 Å². The van der Waals surface area contributed by atoms with E-state index < -0.39 is 11.4 Å². The maximum atomic E-state index is 10.9. The number of furan rings is 1. The van der Waals surface area contributed by atoms with Crippen LogP contribution in [0, 0.1) is 6.92 Å². The van der Waals surface area contributed by atoms with Crippen molar-refractivity contribution in [2.24, 2.45) is 0 Å². The Morgan fingerprint density at radius 3 is 2.67 bits per heavy atom. The molecular weight excluding hydrogens is 156 g/mol. The number of rotatable bonds is 2. The molecule has 0 aromatic carbocycles. The van der Waals surface area contributed by atoms with Crippen LogP contribution in [0.2, 0.25) is 0 Å². The Morgan fingerprint density at radius 1 is 1.67 bits per heavy atom. The zero-order chi connectivity index (χ0) is 8.77. The third kappa shape index (κ3) is 0.793. The molecule has 0 saturated heterocycles. The van der Waals surface area contributed by atoms with Gasteiger partial charge in [0.25, 0.3) is 0 Å². The topological polar surface area (TPSA) is 50.4 Å². The van der Waals surface area contributed by atoms with Crippen LogP contribution in [0.1, 0.15) is 24.2 Å². The SMILES string of the molecule is Cc1ccoc1C1(C(=O)O)CC1. The summed E-state index contributed by atoms with van der Waals surface area (Å²) in [7, 11) is 0. The fourth-order valence-electron chi connectivity index (χ4n) is 1.53. The third-order valence-electron chi connectivity index (χ3n) is 2.46. The summed E-state index contributed by atoms with van der Waals surface area (Å²) in [6, 6.07) is 1.80. The van der Waals surface area contributed by atoms with Gasteiger partial charge in [0.15, 0.2) is 0 Å². The van der Waals surface area contributed by atoms with E-state index in [0.717, 1.165) is 5.56 Å². The summed E-state index contributed by atoms with van der Waals surface area (Å²) < 4.78 is 5.17. The number of aryl methyl sites for hydroxylation is 1. The van der Waals surface area contributed by atoms with Crippen molar-refractivity contribution < 1.29 is 14.3 Å². The molecular formula is C9H10O3. The summed E-state index contributed by atoms with van der Waals surface area (Å²) in [6.45, 7) is 1.88. The highest BCUT2D eigenvalue weighted by atomic mass is 16.4. The van der Waals surface area contributed by atoms with Crippen LogP contribution < -0.4 is 0 Å². The molecule has 1 aliphatic rings. The Kier molecular flexibility index (Phi) is 1.31. The van der Waals surface area contributed by atoms with Gasteiger partial charge in [-0.25, -0.2) is 0 Å². The lowest BCUT2D eigenvalue weighted by Gasteiger charge is -2.06. The molecule has 1 aliphatic carbocycles. The number of carbonyl (C=O) groups is 1. The Labute approximate surface area is 70.0 Å².